The molecule has 3 radical (unpaired) electrons. The van der Waals surface area contributed by atoms with E-state index >= 15 is 0 Å². The fourth-order valence-corrected chi connectivity index (χ4v) is 5.35. The van der Waals surface area contributed by atoms with Gasteiger partial charge in [-0.3, -0.25) is 0 Å². The van der Waals surface area contributed by atoms with Gasteiger partial charge in [-0.2, -0.15) is 0 Å². The van der Waals surface area contributed by atoms with Gasteiger partial charge in [-0.05, 0) is 61.1 Å². The predicted octanol–water partition coefficient (Wildman–Crippen LogP) is 7.54. The Kier molecular flexibility index (Phi) is 4.83. The molecule has 0 aliphatic heterocycles. The summed E-state index contributed by atoms with van der Waals surface area (Å²) in [5.41, 5.74) is 2.40. The maximum Gasteiger partial charge on any atom is 0.248 e. The molecule has 0 saturated heterocycles. The quantitative estimate of drug-likeness (QED) is 0.204. The van der Waals surface area contributed by atoms with Crippen LogP contribution >= 0.6 is 0 Å². The van der Waals surface area contributed by atoms with Crippen LogP contribution in [0.25, 0.3) is 32.3 Å². The molecule has 33 heavy (non-hydrogen) atoms. The number of fused-ring (bicyclic) bond motifs is 3. The maximum absolute atomic E-state index is 6.41. The van der Waals surface area contributed by atoms with Gasteiger partial charge in [0.25, 0.3) is 0 Å². The molecule has 0 bridgehead atoms. The van der Waals surface area contributed by atoms with E-state index in [1.807, 2.05) is 0 Å². The van der Waals surface area contributed by atoms with E-state index in [4.69, 9.17) is 4.43 Å². The normalized spacial score (nSPS) is 11.9. The lowest BCUT2D eigenvalue weighted by Gasteiger charge is -2.36. The zero-order valence-corrected chi connectivity index (χ0v) is 19.0. The third-order valence-corrected chi connectivity index (χ3v) is 6.94. The summed E-state index contributed by atoms with van der Waals surface area (Å²) in [6.07, 6.45) is 0. The summed E-state index contributed by atoms with van der Waals surface area (Å²) in [6.45, 7) is 0. The van der Waals surface area contributed by atoms with Crippen molar-refractivity contribution in [2.45, 2.75) is 5.60 Å². The highest BCUT2D eigenvalue weighted by Crippen LogP contribution is 2.44. The molecular formula is C31H21OSi. The molecule has 2 heteroatoms. The van der Waals surface area contributed by atoms with Crippen molar-refractivity contribution in [2.24, 2.45) is 0 Å². The molecule has 155 valence electrons. The van der Waals surface area contributed by atoms with Gasteiger partial charge in [-0.25, -0.2) is 0 Å². The van der Waals surface area contributed by atoms with Crippen molar-refractivity contribution in [1.29, 1.82) is 0 Å². The van der Waals surface area contributed by atoms with E-state index in [0.29, 0.717) is 0 Å². The smallest absolute Gasteiger partial charge is 0.248 e. The van der Waals surface area contributed by atoms with Gasteiger partial charge in [0.2, 0.25) is 10.5 Å². The fraction of sp³-hybridized carbons (Fsp3) is 0.0323. The van der Waals surface area contributed by atoms with E-state index in [9.17, 15) is 0 Å². The standard InChI is InChI=1S/C31H21OSi/c33-32-31(27-18-16-22-8-1-3-11-25(22)20-27,28-19-17-23-9-2-4-12-26(23)21-28)30-15-7-13-24-10-5-6-14-29(24)30/h1-21H. The van der Waals surface area contributed by atoms with Crippen LogP contribution in [0.15, 0.2) is 127 Å². The van der Waals surface area contributed by atoms with E-state index in [1.54, 1.807) is 0 Å². The van der Waals surface area contributed by atoms with E-state index in [1.165, 1.54) is 32.3 Å². The fourth-order valence-electron chi connectivity index (χ4n) is 5.00. The monoisotopic (exact) mass is 437 g/mol. The first-order valence-electron chi connectivity index (χ1n) is 11.1. The SMILES string of the molecule is [Si]OC(c1ccc2ccccc2c1)(c1ccc2ccccc2c1)c1cccc2ccccc12. The molecule has 0 N–H and O–H groups in total. The molecule has 6 rings (SSSR count). The number of benzene rings is 6. The molecule has 0 aromatic heterocycles. The maximum atomic E-state index is 6.41. The largest absolute Gasteiger partial charge is 0.401 e. The van der Waals surface area contributed by atoms with Crippen LogP contribution in [-0.4, -0.2) is 10.5 Å². The molecule has 0 aliphatic rings. The lowest BCUT2D eigenvalue weighted by molar-refractivity contribution is 0.175. The Morgan fingerprint density at radius 3 is 1.52 bits per heavy atom. The summed E-state index contributed by atoms with van der Waals surface area (Å²) in [5.74, 6) is 0. The minimum Gasteiger partial charge on any atom is -0.401 e. The van der Waals surface area contributed by atoms with Gasteiger partial charge in [0.1, 0.15) is 5.60 Å². The Hall–Kier alpha value is -3.72. The topological polar surface area (TPSA) is 9.23 Å². The summed E-state index contributed by atoms with van der Waals surface area (Å²) < 4.78 is 6.41. The molecule has 0 spiro atoms. The van der Waals surface area contributed by atoms with Crippen LogP contribution in [0.4, 0.5) is 0 Å². The van der Waals surface area contributed by atoms with Crippen LogP contribution in [-0.2, 0) is 10.0 Å². The van der Waals surface area contributed by atoms with E-state index < -0.39 is 5.60 Å². The van der Waals surface area contributed by atoms with Gasteiger partial charge in [-0.1, -0.05) is 115 Å². The highest BCUT2D eigenvalue weighted by atomic mass is 28.2. The van der Waals surface area contributed by atoms with Crippen molar-refractivity contribution in [3.8, 4) is 0 Å². The van der Waals surface area contributed by atoms with Crippen molar-refractivity contribution >= 4 is 42.8 Å². The molecular weight excluding hydrogens is 416 g/mol. The average Bonchev–Trinajstić information content (AvgIpc) is 2.89. The Bertz CT molecular complexity index is 1530. The summed E-state index contributed by atoms with van der Waals surface area (Å²) >= 11 is 0. The second kappa shape index (κ2) is 8.00. The first-order chi connectivity index (χ1) is 16.3. The molecule has 1 nitrogen and oxygen atoms in total. The highest BCUT2D eigenvalue weighted by molar-refractivity contribution is 6.00. The summed E-state index contributed by atoms with van der Waals surface area (Å²) in [7, 11) is 3.56. The Labute approximate surface area is 196 Å². The molecule has 0 aliphatic carbocycles. The Morgan fingerprint density at radius 2 is 0.939 bits per heavy atom. The second-order valence-corrected chi connectivity index (χ2v) is 8.64. The molecule has 6 aromatic carbocycles. The molecule has 0 amide bonds. The van der Waals surface area contributed by atoms with Gasteiger partial charge in [-0.15, -0.1) is 0 Å². The first-order valence-corrected chi connectivity index (χ1v) is 11.5. The van der Waals surface area contributed by atoms with Gasteiger partial charge in [0, 0.05) is 0 Å². The molecule has 6 aromatic rings. The zero-order valence-electron chi connectivity index (χ0n) is 18.0. The van der Waals surface area contributed by atoms with Crippen molar-refractivity contribution in [3.05, 3.63) is 144 Å². The average molecular weight is 438 g/mol. The van der Waals surface area contributed by atoms with Crippen LogP contribution in [0.2, 0.25) is 0 Å². The van der Waals surface area contributed by atoms with Crippen LogP contribution in [0, 0.1) is 0 Å². The summed E-state index contributed by atoms with van der Waals surface area (Å²) in [4.78, 5) is 0. The van der Waals surface area contributed by atoms with Gasteiger partial charge < -0.3 is 4.43 Å². The van der Waals surface area contributed by atoms with Crippen LogP contribution in [0.3, 0.4) is 0 Å². The van der Waals surface area contributed by atoms with Crippen LogP contribution in [0.5, 0.6) is 0 Å². The molecule has 0 atom stereocenters. The highest BCUT2D eigenvalue weighted by Gasteiger charge is 2.37. The number of rotatable bonds is 4. The van der Waals surface area contributed by atoms with E-state index in [-0.39, 0.29) is 0 Å². The van der Waals surface area contributed by atoms with Gasteiger partial charge in [0.15, 0.2) is 0 Å². The van der Waals surface area contributed by atoms with Crippen molar-refractivity contribution in [1.82, 2.24) is 0 Å². The van der Waals surface area contributed by atoms with Crippen molar-refractivity contribution in [3.63, 3.8) is 0 Å². The Morgan fingerprint density at radius 1 is 0.455 bits per heavy atom. The zero-order chi connectivity index (χ0) is 22.3. The lowest BCUT2D eigenvalue weighted by atomic mass is 9.77. The van der Waals surface area contributed by atoms with Crippen LogP contribution < -0.4 is 0 Å². The molecule has 0 heterocycles. The first kappa shape index (κ1) is 19.9. The second-order valence-electron chi connectivity index (χ2n) is 8.43. The van der Waals surface area contributed by atoms with E-state index in [0.717, 1.165) is 16.7 Å². The third kappa shape index (κ3) is 3.19. The van der Waals surface area contributed by atoms with Gasteiger partial charge in [0.05, 0.1) is 0 Å². The van der Waals surface area contributed by atoms with Gasteiger partial charge >= 0.3 is 0 Å². The third-order valence-electron chi connectivity index (χ3n) is 6.63. The molecule has 0 fully saturated rings. The number of hydrogen-bond acceptors (Lipinski definition) is 1. The van der Waals surface area contributed by atoms with Crippen LogP contribution in [0.1, 0.15) is 16.7 Å². The van der Waals surface area contributed by atoms with E-state index in [2.05, 4.69) is 138 Å². The lowest BCUT2D eigenvalue weighted by Crippen LogP contribution is -2.32. The minimum absolute atomic E-state index is 0.841. The predicted molar refractivity (Wildman–Crippen MR) is 139 cm³/mol. The summed E-state index contributed by atoms with van der Waals surface area (Å²) in [5, 5.41) is 7.14. The molecule has 0 saturated carbocycles. The Balaban J connectivity index is 1.73. The minimum atomic E-state index is -0.841. The number of hydrogen-bond donors (Lipinski definition) is 0. The van der Waals surface area contributed by atoms with Crippen molar-refractivity contribution < 1.29 is 4.43 Å². The van der Waals surface area contributed by atoms with Crippen molar-refractivity contribution in [2.75, 3.05) is 0 Å². The summed E-state index contributed by atoms with van der Waals surface area (Å²) in [6, 6.07) is 45.0. The molecule has 0 unspecified atom stereocenters.